The fourth-order valence-corrected chi connectivity index (χ4v) is 2.92. The van der Waals surface area contributed by atoms with E-state index in [-0.39, 0.29) is 6.42 Å². The fourth-order valence-electron chi connectivity index (χ4n) is 2.92. The molecule has 1 aromatic carbocycles. The summed E-state index contributed by atoms with van der Waals surface area (Å²) in [7, 11) is 0. The largest absolute Gasteiger partial charge is 0.477 e. The Morgan fingerprint density at radius 2 is 1.89 bits per heavy atom. The van der Waals surface area contributed by atoms with Gasteiger partial charge in [0.15, 0.2) is 0 Å². The number of carbonyl (C=O) groups excluding carboxylic acids is 1. The van der Waals surface area contributed by atoms with E-state index in [0.717, 1.165) is 0 Å². The van der Waals surface area contributed by atoms with Crippen molar-refractivity contribution in [2.45, 2.75) is 49.1 Å². The third-order valence-electron chi connectivity index (χ3n) is 4.37. The average Bonchev–Trinajstić information content (AvgIpc) is 2.63. The molecule has 2 rings (SSSR count). The van der Waals surface area contributed by atoms with Crippen molar-refractivity contribution in [3.05, 3.63) is 35.9 Å². The van der Waals surface area contributed by atoms with Crippen LogP contribution >= 0.6 is 0 Å². The van der Waals surface area contributed by atoms with E-state index in [1.807, 2.05) is 0 Å². The van der Waals surface area contributed by atoms with Gasteiger partial charge in [-0.1, -0.05) is 30.3 Å². The molecule has 1 aliphatic rings. The second-order valence-electron chi connectivity index (χ2n) is 6.44. The summed E-state index contributed by atoms with van der Waals surface area (Å²) in [5, 5.41) is 60.7. The second-order valence-corrected chi connectivity index (χ2v) is 6.44. The van der Waals surface area contributed by atoms with Crippen molar-refractivity contribution >= 4 is 11.9 Å². The molecule has 10 heteroatoms. The Balaban J connectivity index is 2.19. The molecule has 10 nitrogen and oxygen atoms in total. The molecule has 1 amide bonds. The van der Waals surface area contributed by atoms with Crippen molar-refractivity contribution in [3.63, 3.8) is 0 Å². The number of amides is 1. The van der Waals surface area contributed by atoms with Crippen LogP contribution in [0.2, 0.25) is 0 Å². The number of carbonyl (C=O) groups is 2. The lowest BCUT2D eigenvalue weighted by atomic mass is 9.88. The first-order valence-corrected chi connectivity index (χ1v) is 8.30. The van der Waals surface area contributed by atoms with E-state index < -0.39 is 61.1 Å². The maximum atomic E-state index is 12.3. The van der Waals surface area contributed by atoms with Crippen LogP contribution in [0.4, 0.5) is 0 Å². The zero-order valence-corrected chi connectivity index (χ0v) is 14.3. The normalized spacial score (nSPS) is 30.3. The molecule has 0 saturated carbocycles. The highest BCUT2D eigenvalue weighted by Gasteiger charge is 2.53. The van der Waals surface area contributed by atoms with Crippen LogP contribution in [0.15, 0.2) is 30.3 Å². The molecule has 1 aromatic rings. The van der Waals surface area contributed by atoms with E-state index in [9.17, 15) is 30.0 Å². The highest BCUT2D eigenvalue weighted by Crippen LogP contribution is 2.30. The number of rotatable bonds is 7. The topological polar surface area (TPSA) is 177 Å². The number of carboxylic acid groups (broad SMARTS) is 1. The summed E-state index contributed by atoms with van der Waals surface area (Å²) in [6.45, 7) is -0.882. The summed E-state index contributed by atoms with van der Waals surface area (Å²) in [4.78, 5) is 23.5. The summed E-state index contributed by atoms with van der Waals surface area (Å²) in [5.41, 5.74) is 0.677. The third-order valence-corrected chi connectivity index (χ3v) is 4.37. The Hall–Kier alpha value is -2.08. The van der Waals surface area contributed by atoms with Crippen molar-refractivity contribution in [3.8, 4) is 0 Å². The van der Waals surface area contributed by atoms with E-state index >= 15 is 0 Å². The molecule has 27 heavy (non-hydrogen) atoms. The van der Waals surface area contributed by atoms with Crippen LogP contribution in [-0.4, -0.2) is 85.4 Å². The molecule has 0 aromatic heterocycles. The first-order valence-electron chi connectivity index (χ1n) is 8.30. The number of aliphatic hydroxyl groups excluding tert-OH is 4. The van der Waals surface area contributed by atoms with Gasteiger partial charge in [-0.15, -0.1) is 0 Å². The van der Waals surface area contributed by atoms with Crippen molar-refractivity contribution < 1.29 is 45.0 Å². The van der Waals surface area contributed by atoms with Crippen molar-refractivity contribution in [1.82, 2.24) is 5.32 Å². The summed E-state index contributed by atoms with van der Waals surface area (Å²) in [6, 6.07) is 7.33. The maximum Gasteiger partial charge on any atom is 0.364 e. The summed E-state index contributed by atoms with van der Waals surface area (Å²) in [6.07, 6.45) is -7.72. The van der Waals surface area contributed by atoms with Gasteiger partial charge in [0.25, 0.3) is 5.79 Å². The molecule has 1 fully saturated rings. The predicted octanol–water partition coefficient (Wildman–Crippen LogP) is -2.65. The number of benzene rings is 1. The van der Waals surface area contributed by atoms with Crippen molar-refractivity contribution in [1.29, 1.82) is 0 Å². The molecule has 1 unspecified atom stereocenters. The minimum atomic E-state index is -2.82. The third kappa shape index (κ3) is 5.01. The van der Waals surface area contributed by atoms with Crippen LogP contribution < -0.4 is 5.32 Å². The quantitative estimate of drug-likeness (QED) is 0.264. The number of aliphatic carboxylic acids is 1. The molecule has 6 atom stereocenters. The van der Waals surface area contributed by atoms with E-state index in [1.165, 1.54) is 0 Å². The van der Waals surface area contributed by atoms with E-state index in [1.54, 1.807) is 30.3 Å². The minimum Gasteiger partial charge on any atom is -0.477 e. The zero-order valence-electron chi connectivity index (χ0n) is 14.3. The number of ether oxygens (including phenoxy) is 1. The standard InChI is InChI=1S/C17H23NO9/c19-8-11(21)14(23)15-13(10(20)7-17(26,27-15)16(24)25)18-12(22)6-9-4-2-1-3-5-9/h1-5,10-11,13-15,19-21,23,26H,6-8H2,(H,18,22)(H,24,25)/t10-,11+,13+,14+,15+,17?/m0/s1. The first-order chi connectivity index (χ1) is 12.7. The van der Waals surface area contributed by atoms with E-state index in [0.29, 0.717) is 5.56 Å². The predicted molar refractivity (Wildman–Crippen MR) is 89.3 cm³/mol. The molecule has 1 saturated heterocycles. The molecule has 150 valence electrons. The Morgan fingerprint density at radius 1 is 1.26 bits per heavy atom. The maximum absolute atomic E-state index is 12.3. The van der Waals surface area contributed by atoms with Gasteiger partial charge in [0, 0.05) is 6.42 Å². The van der Waals surface area contributed by atoms with Gasteiger partial charge in [-0.2, -0.15) is 0 Å². The monoisotopic (exact) mass is 385 g/mol. The van der Waals surface area contributed by atoms with Crippen LogP contribution in [-0.2, 0) is 20.7 Å². The average molecular weight is 385 g/mol. The van der Waals surface area contributed by atoms with Crippen molar-refractivity contribution in [2.75, 3.05) is 6.61 Å². The lowest BCUT2D eigenvalue weighted by Gasteiger charge is -2.44. The minimum absolute atomic E-state index is 0.0569. The van der Waals surface area contributed by atoms with Crippen LogP contribution in [0.5, 0.6) is 0 Å². The SMILES string of the molecule is O=C(Cc1ccccc1)N[C@H]1[C@H]([C@H](O)[C@H](O)CO)OC(O)(C(=O)O)C[C@@H]1O. The zero-order chi connectivity index (χ0) is 20.2. The fraction of sp³-hybridized carbons (Fsp3) is 0.529. The van der Waals surface area contributed by atoms with Gasteiger partial charge < -0.3 is 40.7 Å². The van der Waals surface area contributed by atoms with Crippen LogP contribution in [0.25, 0.3) is 0 Å². The van der Waals surface area contributed by atoms with Crippen molar-refractivity contribution in [2.24, 2.45) is 0 Å². The van der Waals surface area contributed by atoms with E-state index in [4.69, 9.17) is 14.9 Å². The molecular weight excluding hydrogens is 362 g/mol. The molecule has 0 aliphatic carbocycles. The smallest absolute Gasteiger partial charge is 0.364 e. The van der Waals surface area contributed by atoms with Crippen LogP contribution in [0.3, 0.4) is 0 Å². The lowest BCUT2D eigenvalue weighted by Crippen LogP contribution is -2.67. The van der Waals surface area contributed by atoms with Gasteiger partial charge in [0.2, 0.25) is 5.91 Å². The Kier molecular flexibility index (Phi) is 6.87. The second kappa shape index (κ2) is 8.74. The summed E-state index contributed by atoms with van der Waals surface area (Å²) >= 11 is 0. The van der Waals surface area contributed by atoms with Gasteiger partial charge >= 0.3 is 5.97 Å². The van der Waals surface area contributed by atoms with Crippen LogP contribution in [0.1, 0.15) is 12.0 Å². The van der Waals surface area contributed by atoms with Gasteiger partial charge in [-0.25, -0.2) is 4.79 Å². The van der Waals surface area contributed by atoms with Gasteiger partial charge in [0.05, 0.1) is 25.2 Å². The number of nitrogens with one attached hydrogen (secondary N) is 1. The number of carboxylic acids is 1. The summed E-state index contributed by atoms with van der Waals surface area (Å²) < 4.78 is 5.01. The van der Waals surface area contributed by atoms with Gasteiger partial charge in [0.1, 0.15) is 18.3 Å². The Bertz CT molecular complexity index is 655. The highest BCUT2D eigenvalue weighted by molar-refractivity contribution is 5.79. The first kappa shape index (κ1) is 21.2. The van der Waals surface area contributed by atoms with Gasteiger partial charge in [-0.3, -0.25) is 4.79 Å². The number of hydrogen-bond acceptors (Lipinski definition) is 8. The molecule has 1 heterocycles. The molecule has 1 aliphatic heterocycles. The summed E-state index contributed by atoms with van der Waals surface area (Å²) in [5.74, 6) is -5.17. The Labute approximate surface area is 154 Å². The van der Waals surface area contributed by atoms with Gasteiger partial charge in [-0.05, 0) is 5.56 Å². The molecule has 0 spiro atoms. The van der Waals surface area contributed by atoms with E-state index in [2.05, 4.69) is 5.32 Å². The molecule has 0 bridgehead atoms. The Morgan fingerprint density at radius 3 is 2.44 bits per heavy atom. The van der Waals surface area contributed by atoms with Crippen LogP contribution in [0, 0.1) is 0 Å². The molecule has 7 N–H and O–H groups in total. The highest BCUT2D eigenvalue weighted by atomic mass is 16.7. The molecule has 0 radical (unpaired) electrons. The number of aliphatic hydroxyl groups is 5. The molecular formula is C17H23NO9. The number of hydrogen-bond donors (Lipinski definition) is 7. The lowest BCUT2D eigenvalue weighted by molar-refractivity contribution is -0.295.